The van der Waals surface area contributed by atoms with Crippen LogP contribution in [-0.2, 0) is 19.0 Å². The number of aliphatic hydroxyl groups is 1. The Balaban J connectivity index is 0.00000302. The second-order valence-corrected chi connectivity index (χ2v) is 13.4. The van der Waals surface area contributed by atoms with Crippen LogP contribution < -0.4 is 0 Å². The van der Waals surface area contributed by atoms with Gasteiger partial charge in [0.05, 0.1) is 38.1 Å². The Morgan fingerprint density at radius 2 is 1.78 bits per heavy atom. The summed E-state index contributed by atoms with van der Waals surface area (Å²) in [5, 5.41) is 13.5. The van der Waals surface area contributed by atoms with Crippen LogP contribution in [0.15, 0.2) is 47.6 Å². The first-order chi connectivity index (χ1) is 19.2. The molecule has 224 valence electrons. The summed E-state index contributed by atoms with van der Waals surface area (Å²) < 4.78 is 18.8. The number of hydrogen-bond donors (Lipinski definition) is 1. The van der Waals surface area contributed by atoms with Gasteiger partial charge >= 0.3 is 0 Å². The number of ether oxygens (including phenoxy) is 3. The van der Waals surface area contributed by atoms with Crippen LogP contribution in [0.5, 0.6) is 0 Å². The van der Waals surface area contributed by atoms with E-state index in [0.29, 0.717) is 37.0 Å². The molecule has 1 aromatic rings. The molecule has 1 aromatic carbocycles. The van der Waals surface area contributed by atoms with Crippen molar-refractivity contribution in [2.24, 2.45) is 17.3 Å². The summed E-state index contributed by atoms with van der Waals surface area (Å²) in [5.74, 6) is 0.222. The SMILES string of the molecule is C.C=C1CCO[C@]12CC[C@H]1[C@@H]3CC[C@@]4(O)CC5(CCC4=C3[C@@H](c3ccc(C(=O)N(C)OC)cc3)C[C@@]12C)OCCO5. The van der Waals surface area contributed by atoms with Gasteiger partial charge in [0.25, 0.3) is 5.91 Å². The van der Waals surface area contributed by atoms with E-state index < -0.39 is 11.4 Å². The average Bonchev–Trinajstić information content (AvgIpc) is 3.65. The van der Waals surface area contributed by atoms with Crippen LogP contribution in [0.25, 0.3) is 0 Å². The Bertz CT molecular complexity index is 1250. The molecule has 6 aliphatic rings. The Labute approximate surface area is 244 Å². The Morgan fingerprint density at radius 3 is 2.44 bits per heavy atom. The highest BCUT2D eigenvalue weighted by atomic mass is 16.7. The monoisotopic (exact) mass is 565 g/mol. The third-order valence-electron chi connectivity index (χ3n) is 11.8. The van der Waals surface area contributed by atoms with Gasteiger partial charge in [-0.1, -0.05) is 38.6 Å². The lowest BCUT2D eigenvalue weighted by Crippen LogP contribution is -2.55. The fourth-order valence-corrected chi connectivity index (χ4v) is 9.89. The van der Waals surface area contributed by atoms with Crippen molar-refractivity contribution in [3.63, 3.8) is 0 Å². The van der Waals surface area contributed by atoms with E-state index in [1.54, 1.807) is 7.05 Å². The van der Waals surface area contributed by atoms with Gasteiger partial charge in [-0.15, -0.1) is 0 Å². The van der Waals surface area contributed by atoms with Crippen molar-refractivity contribution in [1.82, 2.24) is 5.06 Å². The van der Waals surface area contributed by atoms with Crippen molar-refractivity contribution in [3.05, 3.63) is 58.7 Å². The van der Waals surface area contributed by atoms with Gasteiger partial charge in [-0.05, 0) is 85.6 Å². The number of rotatable bonds is 3. The number of benzene rings is 1. The number of hydrogen-bond acceptors (Lipinski definition) is 6. The fourth-order valence-electron chi connectivity index (χ4n) is 9.89. The number of nitrogens with zero attached hydrogens (tertiary/aromatic N) is 1. The van der Waals surface area contributed by atoms with Gasteiger partial charge < -0.3 is 19.3 Å². The Kier molecular flexibility index (Phi) is 7.10. The minimum atomic E-state index is -0.902. The van der Waals surface area contributed by atoms with Gasteiger partial charge in [-0.25, -0.2) is 5.06 Å². The summed E-state index contributed by atoms with van der Waals surface area (Å²) in [6.07, 6.45) is 7.86. The Hall–Kier alpha value is -2.03. The first kappa shape index (κ1) is 29.1. The summed E-state index contributed by atoms with van der Waals surface area (Å²) in [5.41, 5.74) is 4.53. The fraction of sp³-hybridized carbons (Fsp3) is 0.676. The molecule has 3 saturated carbocycles. The van der Waals surface area contributed by atoms with Crippen molar-refractivity contribution in [1.29, 1.82) is 0 Å². The molecule has 5 fully saturated rings. The maximum absolute atomic E-state index is 12.8. The molecule has 0 radical (unpaired) electrons. The van der Waals surface area contributed by atoms with E-state index in [9.17, 15) is 9.90 Å². The zero-order chi connectivity index (χ0) is 27.9. The van der Waals surface area contributed by atoms with Gasteiger partial charge in [-0.3, -0.25) is 9.63 Å². The largest absolute Gasteiger partial charge is 0.385 e. The number of carbonyl (C=O) groups is 1. The van der Waals surface area contributed by atoms with Gasteiger partial charge in [0, 0.05) is 36.8 Å². The first-order valence-corrected chi connectivity index (χ1v) is 15.1. The molecule has 2 saturated heterocycles. The van der Waals surface area contributed by atoms with Gasteiger partial charge in [0.2, 0.25) is 0 Å². The van der Waals surface area contributed by atoms with Gasteiger partial charge in [0.1, 0.15) is 0 Å². The van der Waals surface area contributed by atoms with Crippen molar-refractivity contribution in [3.8, 4) is 0 Å². The molecule has 0 bridgehead atoms. The van der Waals surface area contributed by atoms with E-state index in [0.717, 1.165) is 58.0 Å². The molecule has 2 spiro atoms. The molecule has 4 aliphatic carbocycles. The smallest absolute Gasteiger partial charge is 0.277 e. The van der Waals surface area contributed by atoms with Crippen molar-refractivity contribution in [2.75, 3.05) is 34.0 Å². The van der Waals surface area contributed by atoms with Crippen molar-refractivity contribution in [2.45, 2.75) is 95.0 Å². The predicted octanol–water partition coefficient (Wildman–Crippen LogP) is 5.94. The maximum Gasteiger partial charge on any atom is 0.277 e. The van der Waals surface area contributed by atoms with Crippen LogP contribution in [0.2, 0.25) is 0 Å². The topological polar surface area (TPSA) is 77.5 Å². The van der Waals surface area contributed by atoms with E-state index in [1.807, 2.05) is 12.1 Å². The normalized spacial score (nSPS) is 38.9. The maximum atomic E-state index is 12.8. The van der Waals surface area contributed by atoms with Crippen LogP contribution in [-0.4, -0.2) is 67.0 Å². The molecule has 7 nitrogen and oxygen atoms in total. The van der Waals surface area contributed by atoms with E-state index >= 15 is 0 Å². The van der Waals surface area contributed by atoms with Crippen molar-refractivity contribution < 1.29 is 28.9 Å². The number of carbonyl (C=O) groups excluding carboxylic acids is 1. The third-order valence-corrected chi connectivity index (χ3v) is 11.8. The van der Waals surface area contributed by atoms with E-state index in [-0.39, 0.29) is 30.3 Å². The van der Waals surface area contributed by atoms with Crippen LogP contribution in [0.4, 0.5) is 0 Å². The summed E-state index contributed by atoms with van der Waals surface area (Å²) in [7, 11) is 3.12. The molecule has 7 rings (SSSR count). The lowest BCUT2D eigenvalue weighted by molar-refractivity contribution is -0.208. The number of hydroxylamine groups is 2. The molecule has 2 aliphatic heterocycles. The molecule has 0 aromatic heterocycles. The second kappa shape index (κ2) is 10.0. The molecule has 0 unspecified atom stereocenters. The zero-order valence-electron chi connectivity index (χ0n) is 24.2. The van der Waals surface area contributed by atoms with E-state index in [4.69, 9.17) is 19.0 Å². The Morgan fingerprint density at radius 1 is 1.05 bits per heavy atom. The number of fused-ring (bicyclic) bond motifs is 5. The summed E-state index contributed by atoms with van der Waals surface area (Å²) >= 11 is 0. The molecular formula is C34H47NO6. The highest BCUT2D eigenvalue weighted by Gasteiger charge is 2.67. The van der Waals surface area contributed by atoms with Crippen LogP contribution in [0.1, 0.15) is 94.0 Å². The van der Waals surface area contributed by atoms with Gasteiger partial charge in [0.15, 0.2) is 5.79 Å². The van der Waals surface area contributed by atoms with Crippen LogP contribution in [0, 0.1) is 17.3 Å². The number of allylic oxidation sites excluding steroid dienone is 1. The summed E-state index contributed by atoms with van der Waals surface area (Å²) in [4.78, 5) is 17.9. The minimum absolute atomic E-state index is 0. The average molecular weight is 566 g/mol. The number of amides is 1. The van der Waals surface area contributed by atoms with Crippen LogP contribution in [0.3, 0.4) is 0 Å². The molecule has 1 amide bonds. The highest BCUT2D eigenvalue weighted by Crippen LogP contribution is 2.70. The minimum Gasteiger partial charge on any atom is -0.385 e. The van der Waals surface area contributed by atoms with E-state index in [2.05, 4.69) is 25.6 Å². The molecule has 41 heavy (non-hydrogen) atoms. The van der Waals surface area contributed by atoms with Crippen molar-refractivity contribution >= 4 is 5.91 Å². The lowest BCUT2D eigenvalue weighted by atomic mass is 9.49. The highest BCUT2D eigenvalue weighted by molar-refractivity contribution is 5.93. The standard InChI is InChI=1S/C33H43NO6.CH4/c1-21-12-16-40-33(21)15-11-26-24-9-13-31(36)20-32(38-17-18-39-32)14-10-27(31)28(24)25(19-30(26,33)2)22-5-7-23(8-6-22)29(35)34(3)37-4;/h5-8,24-26,36H,1,9-20H2,2-4H3;1H4/t24-,25+,26-,30-,31+,33+;/m0./s1. The molecule has 6 atom stereocenters. The lowest BCUT2D eigenvalue weighted by Gasteiger charge is -2.58. The quantitative estimate of drug-likeness (QED) is 0.361. The molecular weight excluding hydrogens is 518 g/mol. The molecule has 7 heteroatoms. The third kappa shape index (κ3) is 4.06. The molecule has 2 heterocycles. The van der Waals surface area contributed by atoms with E-state index in [1.165, 1.54) is 34.5 Å². The summed E-state index contributed by atoms with van der Waals surface area (Å²) in [6, 6.07) is 8.07. The second-order valence-electron chi connectivity index (χ2n) is 13.4. The first-order valence-electron chi connectivity index (χ1n) is 15.1. The van der Waals surface area contributed by atoms with Gasteiger partial charge in [-0.2, -0.15) is 0 Å². The van der Waals surface area contributed by atoms with Crippen LogP contribution >= 0.6 is 0 Å². The molecule has 1 N–H and O–H groups in total. The zero-order valence-corrected chi connectivity index (χ0v) is 24.2. The predicted molar refractivity (Wildman–Crippen MR) is 156 cm³/mol. The summed E-state index contributed by atoms with van der Waals surface area (Å²) in [6.45, 7) is 8.96.